The second-order valence-electron chi connectivity index (χ2n) is 5.04. The number of carbonyl (C=O) groups excluding carboxylic acids is 1. The van der Waals surface area contributed by atoms with E-state index >= 15 is 0 Å². The molecule has 0 saturated carbocycles. The highest BCUT2D eigenvalue weighted by Gasteiger charge is 2.31. The first-order valence-corrected chi connectivity index (χ1v) is 6.55. The summed E-state index contributed by atoms with van der Waals surface area (Å²) < 4.78 is 20.1. The van der Waals surface area contributed by atoms with Crippen molar-refractivity contribution in [3.05, 3.63) is 34.1 Å². The lowest BCUT2D eigenvalue weighted by Gasteiger charge is -2.26. The lowest BCUT2D eigenvalue weighted by Crippen LogP contribution is -2.30. The van der Waals surface area contributed by atoms with E-state index in [1.54, 1.807) is 12.1 Å². The van der Waals surface area contributed by atoms with Crippen molar-refractivity contribution in [2.75, 3.05) is 6.61 Å². The molecule has 0 unspecified atom stereocenters. The molecule has 1 N–H and O–H groups in total. The van der Waals surface area contributed by atoms with Crippen LogP contribution in [0.2, 0.25) is 0 Å². The summed E-state index contributed by atoms with van der Waals surface area (Å²) in [5.74, 6) is -0.536. The van der Waals surface area contributed by atoms with Gasteiger partial charge in [-0.3, -0.25) is 4.79 Å². The molecule has 1 aliphatic heterocycles. The zero-order valence-electron chi connectivity index (χ0n) is 10.3. The molecule has 0 radical (unpaired) electrons. The van der Waals surface area contributed by atoms with Crippen LogP contribution in [0.5, 0.6) is 0 Å². The van der Waals surface area contributed by atoms with Gasteiger partial charge in [-0.1, -0.05) is 15.9 Å². The molecule has 0 aliphatic carbocycles. The maximum Gasteiger partial charge on any atom is 0.246 e. The smallest absolute Gasteiger partial charge is 0.246 e. The summed E-state index contributed by atoms with van der Waals surface area (Å²) >= 11 is 3.32. The number of nitrogens with one attached hydrogen (secondary N) is 1. The van der Waals surface area contributed by atoms with Crippen molar-refractivity contribution in [1.82, 2.24) is 5.32 Å². The van der Waals surface area contributed by atoms with Crippen molar-refractivity contribution in [3.8, 4) is 0 Å². The highest BCUT2D eigenvalue weighted by Crippen LogP contribution is 2.31. The molecular formula is C13H15BrFNO2. The van der Waals surface area contributed by atoms with Crippen LogP contribution in [0.4, 0.5) is 4.39 Å². The first-order valence-electron chi connectivity index (χ1n) is 5.76. The van der Waals surface area contributed by atoms with E-state index < -0.39 is 5.60 Å². The Hall–Kier alpha value is -0.940. The van der Waals surface area contributed by atoms with Crippen LogP contribution in [0.25, 0.3) is 0 Å². The molecule has 98 valence electrons. The molecule has 0 bridgehead atoms. The predicted molar refractivity (Wildman–Crippen MR) is 69.6 cm³/mol. The molecule has 2 rings (SSSR count). The molecule has 1 fully saturated rings. The highest BCUT2D eigenvalue weighted by atomic mass is 79.9. The van der Waals surface area contributed by atoms with E-state index in [4.69, 9.17) is 4.74 Å². The third kappa shape index (κ3) is 3.09. The molecule has 1 aromatic carbocycles. The van der Waals surface area contributed by atoms with Crippen LogP contribution < -0.4 is 5.32 Å². The van der Waals surface area contributed by atoms with Crippen LogP contribution in [0.15, 0.2) is 22.7 Å². The second-order valence-corrected chi connectivity index (χ2v) is 5.95. The van der Waals surface area contributed by atoms with Gasteiger partial charge in [0.1, 0.15) is 12.4 Å². The van der Waals surface area contributed by atoms with Gasteiger partial charge in [0, 0.05) is 16.5 Å². The average molecular weight is 316 g/mol. The number of carbonyl (C=O) groups is 1. The Morgan fingerprint density at radius 2 is 2.22 bits per heavy atom. The van der Waals surface area contributed by atoms with E-state index in [0.29, 0.717) is 12.0 Å². The molecule has 1 aliphatic rings. The van der Waals surface area contributed by atoms with E-state index in [-0.39, 0.29) is 24.4 Å². The molecule has 0 aromatic heterocycles. The molecule has 3 nitrogen and oxygen atoms in total. The zero-order chi connectivity index (χ0) is 13.3. The lowest BCUT2D eigenvalue weighted by atomic mass is 9.94. The van der Waals surface area contributed by atoms with Crippen molar-refractivity contribution in [3.63, 3.8) is 0 Å². The van der Waals surface area contributed by atoms with E-state index in [2.05, 4.69) is 21.2 Å². The molecule has 1 atom stereocenters. The number of halogens is 2. The van der Waals surface area contributed by atoms with Crippen molar-refractivity contribution >= 4 is 21.8 Å². The molecule has 1 heterocycles. The normalized spacial score (nSPS) is 23.3. The van der Waals surface area contributed by atoms with Crippen LogP contribution in [-0.4, -0.2) is 18.1 Å². The van der Waals surface area contributed by atoms with Gasteiger partial charge in [0.2, 0.25) is 5.91 Å². The van der Waals surface area contributed by atoms with Gasteiger partial charge in [-0.25, -0.2) is 4.39 Å². The van der Waals surface area contributed by atoms with E-state index in [0.717, 1.165) is 4.47 Å². The Morgan fingerprint density at radius 1 is 1.50 bits per heavy atom. The third-order valence-electron chi connectivity index (χ3n) is 2.96. The fraction of sp³-hybridized carbons (Fsp3) is 0.462. The van der Waals surface area contributed by atoms with Gasteiger partial charge in [-0.2, -0.15) is 0 Å². The third-order valence-corrected chi connectivity index (χ3v) is 3.45. The average Bonchev–Trinajstić information content (AvgIpc) is 2.41. The van der Waals surface area contributed by atoms with Crippen molar-refractivity contribution in [1.29, 1.82) is 0 Å². The van der Waals surface area contributed by atoms with Crippen LogP contribution in [0.1, 0.15) is 31.9 Å². The Labute approximate surface area is 114 Å². The fourth-order valence-corrected chi connectivity index (χ4v) is 2.45. The molecule has 5 heteroatoms. The Morgan fingerprint density at radius 3 is 2.94 bits per heavy atom. The van der Waals surface area contributed by atoms with Crippen LogP contribution in [0, 0.1) is 5.82 Å². The van der Waals surface area contributed by atoms with Crippen LogP contribution in [0.3, 0.4) is 0 Å². The Balaban J connectivity index is 2.35. The highest BCUT2D eigenvalue weighted by molar-refractivity contribution is 9.10. The molecule has 0 spiro atoms. The number of benzene rings is 1. The van der Waals surface area contributed by atoms with Gasteiger partial charge in [-0.15, -0.1) is 0 Å². The molecular weight excluding hydrogens is 301 g/mol. The zero-order valence-corrected chi connectivity index (χ0v) is 11.9. The Kier molecular flexibility index (Phi) is 3.73. The molecule has 1 aromatic rings. The topological polar surface area (TPSA) is 38.3 Å². The monoisotopic (exact) mass is 315 g/mol. The second kappa shape index (κ2) is 4.97. The van der Waals surface area contributed by atoms with Gasteiger partial charge in [0.15, 0.2) is 0 Å². The predicted octanol–water partition coefficient (Wildman–Crippen LogP) is 2.94. The fourth-order valence-electron chi connectivity index (χ4n) is 2.07. The van der Waals surface area contributed by atoms with Crippen molar-refractivity contribution in [2.45, 2.75) is 31.9 Å². The van der Waals surface area contributed by atoms with E-state index in [1.165, 1.54) is 6.07 Å². The van der Waals surface area contributed by atoms with Crippen molar-refractivity contribution in [2.24, 2.45) is 0 Å². The van der Waals surface area contributed by atoms with Gasteiger partial charge < -0.3 is 10.1 Å². The number of rotatable bonds is 1. The summed E-state index contributed by atoms with van der Waals surface area (Å²) in [5, 5.41) is 2.79. The van der Waals surface area contributed by atoms with Crippen LogP contribution in [-0.2, 0) is 9.53 Å². The largest absolute Gasteiger partial charge is 0.366 e. The standard InChI is InChI=1S/C13H15BrFNO2/c1-13(2)6-11(16-12(17)7-18-13)9-5-8(14)3-4-10(9)15/h3-5,11H,6-7H2,1-2H3,(H,16,17)/t11-/m0/s1. The quantitative estimate of drug-likeness (QED) is 0.865. The van der Waals surface area contributed by atoms with Crippen LogP contribution >= 0.6 is 15.9 Å². The summed E-state index contributed by atoms with van der Waals surface area (Å²) in [6, 6.07) is 4.36. The maximum absolute atomic E-state index is 13.9. The first-order chi connectivity index (χ1) is 8.37. The number of hydrogen-bond donors (Lipinski definition) is 1. The minimum Gasteiger partial charge on any atom is -0.366 e. The summed E-state index contributed by atoms with van der Waals surface area (Å²) in [6.45, 7) is 3.81. The van der Waals surface area contributed by atoms with E-state index in [1.807, 2.05) is 13.8 Å². The van der Waals surface area contributed by atoms with Gasteiger partial charge >= 0.3 is 0 Å². The summed E-state index contributed by atoms with van der Waals surface area (Å²) in [5.41, 5.74) is 0.0229. The SMILES string of the molecule is CC1(C)C[C@@H](c2cc(Br)ccc2F)NC(=O)CO1. The number of amides is 1. The lowest BCUT2D eigenvalue weighted by molar-refractivity contribution is -0.128. The minimum atomic E-state index is -0.460. The summed E-state index contributed by atoms with van der Waals surface area (Å²) in [7, 11) is 0. The molecule has 1 saturated heterocycles. The first kappa shape index (κ1) is 13.5. The molecule has 18 heavy (non-hydrogen) atoms. The minimum absolute atomic E-state index is 0.0130. The molecule has 1 amide bonds. The number of ether oxygens (including phenoxy) is 1. The number of hydrogen-bond acceptors (Lipinski definition) is 2. The van der Waals surface area contributed by atoms with Gasteiger partial charge in [-0.05, 0) is 32.0 Å². The summed E-state index contributed by atoms with van der Waals surface area (Å²) in [6.07, 6.45) is 0.534. The summed E-state index contributed by atoms with van der Waals surface area (Å²) in [4.78, 5) is 11.6. The maximum atomic E-state index is 13.9. The van der Waals surface area contributed by atoms with E-state index in [9.17, 15) is 9.18 Å². The van der Waals surface area contributed by atoms with Gasteiger partial charge in [0.05, 0.1) is 11.6 Å². The van der Waals surface area contributed by atoms with Gasteiger partial charge in [0.25, 0.3) is 0 Å². The van der Waals surface area contributed by atoms with Crippen molar-refractivity contribution < 1.29 is 13.9 Å². The Bertz CT molecular complexity index is 476.